The van der Waals surface area contributed by atoms with Crippen LogP contribution in [0.1, 0.15) is 18.4 Å². The van der Waals surface area contributed by atoms with Crippen molar-refractivity contribution in [1.82, 2.24) is 14.6 Å². The lowest BCUT2D eigenvalue weighted by atomic mass is 10.1. The number of carbonyl (C=O) groups excluding carboxylic acids is 1. The number of carbonyl (C=O) groups is 1. The molecule has 2 N–H and O–H groups in total. The van der Waals surface area contributed by atoms with Crippen LogP contribution < -0.4 is 5.32 Å². The van der Waals surface area contributed by atoms with Crippen molar-refractivity contribution in [2.45, 2.75) is 30.5 Å². The summed E-state index contributed by atoms with van der Waals surface area (Å²) in [4.78, 5) is 17.3. The third-order valence-electron chi connectivity index (χ3n) is 5.94. The van der Waals surface area contributed by atoms with Crippen molar-refractivity contribution in [3.8, 4) is 17.0 Å². The van der Waals surface area contributed by atoms with Crippen molar-refractivity contribution in [3.05, 3.63) is 78.5 Å². The van der Waals surface area contributed by atoms with Gasteiger partial charge >= 0.3 is 0 Å². The normalized spacial score (nSPS) is 16.6. The van der Waals surface area contributed by atoms with E-state index in [0.717, 1.165) is 5.56 Å². The van der Waals surface area contributed by atoms with Gasteiger partial charge in [-0.15, -0.1) is 0 Å². The standard InChI is InChI=1S/C25H23N3O5S/c29-22-9-3-2-7-19(22)20-14-17(11-12-26-20)16-27-25(30)21-8-5-13-28(21)34(31,32)24-15-18-6-1-4-10-23(18)33-24/h1-4,6-7,9-12,14-15,21,29H,5,8,13,16H2,(H,27,30)/t21-/m0/s1. The Labute approximate surface area is 196 Å². The second-order valence-corrected chi connectivity index (χ2v) is 9.98. The Kier molecular flexibility index (Phi) is 5.80. The predicted molar refractivity (Wildman–Crippen MR) is 126 cm³/mol. The lowest BCUT2D eigenvalue weighted by Gasteiger charge is -2.22. The molecule has 8 nitrogen and oxygen atoms in total. The molecule has 0 radical (unpaired) electrons. The summed E-state index contributed by atoms with van der Waals surface area (Å²) in [6.45, 7) is 0.459. The van der Waals surface area contributed by atoms with E-state index in [1.807, 2.05) is 12.1 Å². The van der Waals surface area contributed by atoms with Gasteiger partial charge in [0.2, 0.25) is 11.0 Å². The van der Waals surface area contributed by atoms with Crippen molar-refractivity contribution in [3.63, 3.8) is 0 Å². The van der Waals surface area contributed by atoms with Gasteiger partial charge in [-0.2, -0.15) is 4.31 Å². The molecule has 5 rings (SSSR count). The summed E-state index contributed by atoms with van der Waals surface area (Å²) in [5, 5.41) is 13.5. The number of nitrogens with one attached hydrogen (secondary N) is 1. The number of rotatable bonds is 6. The van der Waals surface area contributed by atoms with Crippen LogP contribution in [-0.2, 0) is 21.4 Å². The first-order chi connectivity index (χ1) is 16.4. The summed E-state index contributed by atoms with van der Waals surface area (Å²) in [5.41, 5.74) is 2.44. The molecule has 0 unspecified atom stereocenters. The van der Waals surface area contributed by atoms with Gasteiger partial charge in [0.25, 0.3) is 10.0 Å². The highest BCUT2D eigenvalue weighted by Crippen LogP contribution is 2.30. The number of furan rings is 1. The molecule has 1 aliphatic heterocycles. The van der Waals surface area contributed by atoms with Crippen LogP contribution in [0, 0.1) is 0 Å². The molecule has 174 valence electrons. The molecular weight excluding hydrogens is 454 g/mol. The van der Waals surface area contributed by atoms with Crippen LogP contribution in [0.5, 0.6) is 5.75 Å². The Morgan fingerprint density at radius 2 is 1.91 bits per heavy atom. The van der Waals surface area contributed by atoms with Gasteiger partial charge in [-0.1, -0.05) is 30.3 Å². The van der Waals surface area contributed by atoms with Crippen LogP contribution >= 0.6 is 0 Å². The average molecular weight is 478 g/mol. The number of fused-ring (bicyclic) bond motifs is 1. The molecule has 3 heterocycles. The van der Waals surface area contributed by atoms with Crippen molar-refractivity contribution >= 4 is 26.9 Å². The number of phenols is 1. The molecule has 0 aliphatic carbocycles. The van der Waals surface area contributed by atoms with Crippen LogP contribution in [-0.4, -0.2) is 41.3 Å². The minimum Gasteiger partial charge on any atom is -0.507 e. The number of nitrogens with zero attached hydrogens (tertiary/aromatic N) is 2. The highest BCUT2D eigenvalue weighted by Gasteiger charge is 2.41. The van der Waals surface area contributed by atoms with Crippen molar-refractivity contribution in [2.24, 2.45) is 0 Å². The van der Waals surface area contributed by atoms with Crippen molar-refractivity contribution < 1.29 is 22.7 Å². The number of hydrogen-bond acceptors (Lipinski definition) is 6. The first-order valence-electron chi connectivity index (χ1n) is 10.9. The van der Waals surface area contributed by atoms with E-state index in [9.17, 15) is 18.3 Å². The summed E-state index contributed by atoms with van der Waals surface area (Å²) in [5.74, 6) is -0.244. The van der Waals surface area contributed by atoms with Gasteiger partial charge in [0.1, 0.15) is 17.4 Å². The number of aromatic hydroxyl groups is 1. The SMILES string of the molecule is O=C(NCc1ccnc(-c2ccccc2O)c1)[C@@H]1CCCN1S(=O)(=O)c1cc2ccccc2o1. The van der Waals surface area contributed by atoms with Crippen LogP contribution in [0.2, 0.25) is 0 Å². The number of benzene rings is 2. The largest absolute Gasteiger partial charge is 0.507 e. The number of phenolic OH excluding ortho intramolecular Hbond substituents is 1. The maximum absolute atomic E-state index is 13.2. The highest BCUT2D eigenvalue weighted by atomic mass is 32.2. The Balaban J connectivity index is 1.31. The lowest BCUT2D eigenvalue weighted by Crippen LogP contribution is -2.45. The van der Waals surface area contributed by atoms with E-state index in [0.29, 0.717) is 35.1 Å². The zero-order valence-corrected chi connectivity index (χ0v) is 19.0. The molecule has 1 atom stereocenters. The van der Waals surface area contributed by atoms with Crippen LogP contribution in [0.25, 0.3) is 22.2 Å². The van der Waals surface area contributed by atoms with Gasteiger partial charge in [-0.25, -0.2) is 8.42 Å². The maximum Gasteiger partial charge on any atom is 0.277 e. The van der Waals surface area contributed by atoms with E-state index in [1.54, 1.807) is 54.7 Å². The molecule has 1 amide bonds. The molecule has 4 aromatic rings. The summed E-state index contributed by atoms with van der Waals surface area (Å²) in [7, 11) is -3.96. The van der Waals surface area contributed by atoms with E-state index in [4.69, 9.17) is 4.42 Å². The quantitative estimate of drug-likeness (QED) is 0.438. The molecule has 0 saturated carbocycles. The molecule has 2 aromatic heterocycles. The van der Waals surface area contributed by atoms with E-state index >= 15 is 0 Å². The smallest absolute Gasteiger partial charge is 0.277 e. The molecule has 1 fully saturated rings. The first-order valence-corrected chi connectivity index (χ1v) is 12.4. The number of pyridine rings is 1. The lowest BCUT2D eigenvalue weighted by molar-refractivity contribution is -0.124. The van der Waals surface area contributed by atoms with Crippen LogP contribution in [0.15, 0.2) is 82.4 Å². The second-order valence-electron chi connectivity index (χ2n) is 8.16. The highest BCUT2D eigenvalue weighted by molar-refractivity contribution is 7.89. The van der Waals surface area contributed by atoms with Gasteiger partial charge < -0.3 is 14.8 Å². The van der Waals surface area contributed by atoms with Gasteiger partial charge in [0.15, 0.2) is 0 Å². The maximum atomic E-state index is 13.2. The summed E-state index contributed by atoms with van der Waals surface area (Å²) in [6.07, 6.45) is 2.63. The molecule has 34 heavy (non-hydrogen) atoms. The topological polar surface area (TPSA) is 113 Å². The first kappa shape index (κ1) is 22.1. The summed E-state index contributed by atoms with van der Waals surface area (Å²) >= 11 is 0. The van der Waals surface area contributed by atoms with Crippen LogP contribution in [0.4, 0.5) is 0 Å². The Morgan fingerprint density at radius 1 is 1.12 bits per heavy atom. The fraction of sp³-hybridized carbons (Fsp3) is 0.200. The fourth-order valence-electron chi connectivity index (χ4n) is 4.22. The Morgan fingerprint density at radius 3 is 2.74 bits per heavy atom. The van der Waals surface area contributed by atoms with Gasteiger partial charge in [-0.3, -0.25) is 9.78 Å². The number of hydrogen-bond donors (Lipinski definition) is 2. The van der Waals surface area contributed by atoms with Crippen LogP contribution in [0.3, 0.4) is 0 Å². The average Bonchev–Trinajstić information content (AvgIpc) is 3.51. The minimum absolute atomic E-state index is 0.119. The molecular formula is C25H23N3O5S. The van der Waals surface area contributed by atoms with Gasteiger partial charge in [-0.05, 0) is 48.7 Å². The van der Waals surface area contributed by atoms with Gasteiger partial charge in [0.05, 0.1) is 5.69 Å². The van der Waals surface area contributed by atoms with E-state index < -0.39 is 16.1 Å². The number of aromatic nitrogens is 1. The third kappa shape index (κ3) is 4.15. The Hall–Kier alpha value is -3.69. The molecule has 0 bridgehead atoms. The number of amides is 1. The minimum atomic E-state index is -3.96. The van der Waals surface area contributed by atoms with Crippen molar-refractivity contribution in [2.75, 3.05) is 6.54 Å². The summed E-state index contributed by atoms with van der Waals surface area (Å²) < 4.78 is 33.3. The molecule has 0 spiro atoms. The molecule has 1 saturated heterocycles. The van der Waals surface area contributed by atoms with Crippen molar-refractivity contribution in [1.29, 1.82) is 0 Å². The summed E-state index contributed by atoms with van der Waals surface area (Å²) in [6, 6.07) is 18.2. The number of para-hydroxylation sites is 2. The zero-order chi connectivity index (χ0) is 23.7. The van der Waals surface area contributed by atoms with E-state index in [2.05, 4.69) is 10.3 Å². The fourth-order valence-corrected chi connectivity index (χ4v) is 5.83. The third-order valence-corrected chi connectivity index (χ3v) is 7.71. The number of sulfonamides is 1. The second kappa shape index (κ2) is 8.92. The zero-order valence-electron chi connectivity index (χ0n) is 18.2. The van der Waals surface area contributed by atoms with Gasteiger partial charge in [0, 0.05) is 36.3 Å². The van der Waals surface area contributed by atoms with E-state index in [-0.39, 0.29) is 29.8 Å². The Bertz CT molecular complexity index is 1430. The van der Waals surface area contributed by atoms with E-state index in [1.165, 1.54) is 10.4 Å². The predicted octanol–water partition coefficient (Wildman–Crippen LogP) is 3.67. The molecule has 1 aliphatic rings. The monoisotopic (exact) mass is 477 g/mol. The molecule has 2 aromatic carbocycles. The molecule has 9 heteroatoms.